The van der Waals surface area contributed by atoms with Gasteiger partial charge in [0.05, 0.1) is 13.2 Å². The Morgan fingerprint density at radius 1 is 1.60 bits per heavy atom. The Labute approximate surface area is 93.5 Å². The Balaban J connectivity index is 2.22. The minimum Gasteiger partial charge on any atom is -0.377 e. The van der Waals surface area contributed by atoms with Crippen LogP contribution in [0, 0.1) is 0 Å². The van der Waals surface area contributed by atoms with Crippen molar-refractivity contribution in [2.24, 2.45) is 0 Å². The lowest BCUT2D eigenvalue weighted by Crippen LogP contribution is -2.00. The van der Waals surface area contributed by atoms with E-state index >= 15 is 0 Å². The van der Waals surface area contributed by atoms with Crippen LogP contribution >= 0.6 is 11.8 Å². The first-order valence-electron chi connectivity index (χ1n) is 4.63. The number of thioether (sulfide) groups is 1. The first-order valence-corrected chi connectivity index (χ1v) is 5.45. The van der Waals surface area contributed by atoms with E-state index in [1.165, 1.54) is 0 Å². The maximum Gasteiger partial charge on any atom is 0.197 e. The molecule has 4 heteroatoms. The van der Waals surface area contributed by atoms with Crippen molar-refractivity contribution in [2.45, 2.75) is 11.4 Å². The summed E-state index contributed by atoms with van der Waals surface area (Å²) < 4.78 is 5.12. The second-order valence-corrected chi connectivity index (χ2v) is 3.83. The highest BCUT2D eigenvalue weighted by molar-refractivity contribution is 8.13. The molecule has 1 rings (SSSR count). The highest BCUT2D eigenvalue weighted by atomic mass is 32.2. The maximum absolute atomic E-state index is 11.4. The molecular weight excluding hydrogens is 210 g/mol. The van der Waals surface area contributed by atoms with Gasteiger partial charge in [-0.3, -0.25) is 4.79 Å². The van der Waals surface area contributed by atoms with Crippen molar-refractivity contribution >= 4 is 16.9 Å². The van der Waals surface area contributed by atoms with E-state index in [1.807, 2.05) is 18.2 Å². The molecule has 0 saturated carbocycles. The molecule has 80 valence electrons. The zero-order chi connectivity index (χ0) is 10.9. The minimum atomic E-state index is 0.0674. The van der Waals surface area contributed by atoms with Crippen LogP contribution in [0.1, 0.15) is 6.42 Å². The zero-order valence-corrected chi connectivity index (χ0v) is 9.20. The molecule has 0 fully saturated rings. The highest BCUT2D eigenvalue weighted by Gasteiger charge is 2.04. The summed E-state index contributed by atoms with van der Waals surface area (Å²) in [4.78, 5) is 15.4. The van der Waals surface area contributed by atoms with Crippen molar-refractivity contribution in [1.82, 2.24) is 4.98 Å². The third-order valence-electron chi connectivity index (χ3n) is 1.54. The lowest BCUT2D eigenvalue weighted by atomic mass is 10.5. The molecule has 0 radical (unpaired) electrons. The van der Waals surface area contributed by atoms with E-state index in [0.29, 0.717) is 19.6 Å². The second-order valence-electron chi connectivity index (χ2n) is 2.76. The van der Waals surface area contributed by atoms with Crippen LogP contribution in [-0.2, 0) is 9.53 Å². The van der Waals surface area contributed by atoms with Crippen molar-refractivity contribution < 1.29 is 9.53 Å². The van der Waals surface area contributed by atoms with Crippen molar-refractivity contribution in [2.75, 3.05) is 13.2 Å². The van der Waals surface area contributed by atoms with Crippen LogP contribution in [0.25, 0.3) is 0 Å². The van der Waals surface area contributed by atoms with Gasteiger partial charge in [0.15, 0.2) is 5.12 Å². The Hall–Kier alpha value is -1.13. The van der Waals surface area contributed by atoms with Gasteiger partial charge in [-0.25, -0.2) is 4.98 Å². The highest BCUT2D eigenvalue weighted by Crippen LogP contribution is 2.16. The molecule has 0 atom stereocenters. The zero-order valence-electron chi connectivity index (χ0n) is 8.39. The third kappa shape index (κ3) is 5.34. The summed E-state index contributed by atoms with van der Waals surface area (Å²) in [6.07, 6.45) is 3.73. The Morgan fingerprint density at radius 3 is 3.13 bits per heavy atom. The fraction of sp³-hybridized carbons (Fsp3) is 0.273. The average Bonchev–Trinajstić information content (AvgIpc) is 2.26. The Morgan fingerprint density at radius 2 is 2.47 bits per heavy atom. The molecule has 3 nitrogen and oxygen atoms in total. The second kappa shape index (κ2) is 7.20. The summed E-state index contributed by atoms with van der Waals surface area (Å²) in [5, 5.41) is 0.795. The molecule has 0 unspecified atom stereocenters. The van der Waals surface area contributed by atoms with Gasteiger partial charge < -0.3 is 4.74 Å². The van der Waals surface area contributed by atoms with Gasteiger partial charge in [-0.05, 0) is 23.9 Å². The molecule has 0 N–H and O–H groups in total. The van der Waals surface area contributed by atoms with Crippen LogP contribution in [0.5, 0.6) is 0 Å². The van der Waals surface area contributed by atoms with E-state index in [1.54, 1.807) is 12.3 Å². The number of nitrogens with zero attached hydrogens (tertiary/aromatic N) is 1. The molecule has 0 saturated heterocycles. The molecule has 15 heavy (non-hydrogen) atoms. The summed E-state index contributed by atoms with van der Waals surface area (Å²) in [6, 6.07) is 5.49. The predicted molar refractivity (Wildman–Crippen MR) is 60.7 cm³/mol. The number of hydrogen-bond donors (Lipinski definition) is 0. The van der Waals surface area contributed by atoms with E-state index in [0.717, 1.165) is 16.8 Å². The van der Waals surface area contributed by atoms with Gasteiger partial charge in [0.1, 0.15) is 5.03 Å². The molecule has 0 bridgehead atoms. The monoisotopic (exact) mass is 223 g/mol. The smallest absolute Gasteiger partial charge is 0.197 e. The normalized spacial score (nSPS) is 9.87. The minimum absolute atomic E-state index is 0.0674. The molecule has 0 amide bonds. The van der Waals surface area contributed by atoms with Crippen molar-refractivity contribution in [3.05, 3.63) is 37.1 Å². The van der Waals surface area contributed by atoms with Gasteiger partial charge >= 0.3 is 0 Å². The van der Waals surface area contributed by atoms with Gasteiger partial charge in [-0.1, -0.05) is 12.1 Å². The van der Waals surface area contributed by atoms with E-state index in [4.69, 9.17) is 4.74 Å². The summed E-state index contributed by atoms with van der Waals surface area (Å²) in [7, 11) is 0. The number of carbonyl (C=O) groups excluding carboxylic acids is 1. The van der Waals surface area contributed by atoms with Gasteiger partial charge in [-0.15, -0.1) is 6.58 Å². The molecule has 0 aliphatic carbocycles. The molecule has 0 aromatic carbocycles. The maximum atomic E-state index is 11.4. The van der Waals surface area contributed by atoms with Crippen molar-refractivity contribution in [1.29, 1.82) is 0 Å². The number of carbonyl (C=O) groups is 1. The standard InChI is InChI=1S/C11H13NO2S/c1-2-8-14-9-6-11(13)15-10-5-3-4-7-12-10/h2-5,7H,1,6,8-9H2. The molecule has 1 aromatic heterocycles. The lowest BCUT2D eigenvalue weighted by Gasteiger charge is -2.00. The lowest BCUT2D eigenvalue weighted by molar-refractivity contribution is -0.111. The molecule has 0 aliphatic heterocycles. The fourth-order valence-corrected chi connectivity index (χ4v) is 1.58. The van der Waals surface area contributed by atoms with Crippen molar-refractivity contribution in [3.8, 4) is 0 Å². The summed E-state index contributed by atoms with van der Waals surface area (Å²) >= 11 is 1.15. The van der Waals surface area contributed by atoms with Crippen LogP contribution in [0.15, 0.2) is 42.1 Å². The van der Waals surface area contributed by atoms with Crippen LogP contribution in [0.4, 0.5) is 0 Å². The van der Waals surface area contributed by atoms with Crippen LogP contribution in [0.2, 0.25) is 0 Å². The molecule has 1 aromatic rings. The molecule has 1 heterocycles. The summed E-state index contributed by atoms with van der Waals surface area (Å²) in [6.45, 7) is 4.44. The topological polar surface area (TPSA) is 39.2 Å². The number of hydrogen-bond acceptors (Lipinski definition) is 4. The van der Waals surface area contributed by atoms with E-state index in [9.17, 15) is 4.79 Å². The first kappa shape index (κ1) is 11.9. The number of aromatic nitrogens is 1. The van der Waals surface area contributed by atoms with Gasteiger partial charge in [0.2, 0.25) is 0 Å². The van der Waals surface area contributed by atoms with E-state index in [-0.39, 0.29) is 5.12 Å². The fourth-order valence-electron chi connectivity index (χ4n) is 0.897. The average molecular weight is 223 g/mol. The number of rotatable bonds is 6. The molecule has 0 spiro atoms. The van der Waals surface area contributed by atoms with Gasteiger partial charge in [0.25, 0.3) is 0 Å². The number of pyridine rings is 1. The first-order chi connectivity index (χ1) is 7.33. The molecule has 0 aliphatic rings. The Kier molecular flexibility index (Phi) is 5.73. The van der Waals surface area contributed by atoms with Crippen molar-refractivity contribution in [3.63, 3.8) is 0 Å². The van der Waals surface area contributed by atoms with Crippen LogP contribution < -0.4 is 0 Å². The number of ether oxygens (including phenoxy) is 1. The largest absolute Gasteiger partial charge is 0.377 e. The predicted octanol–water partition coefficient (Wildman–Crippen LogP) is 2.29. The summed E-state index contributed by atoms with van der Waals surface area (Å²) in [5.41, 5.74) is 0. The van der Waals surface area contributed by atoms with E-state index in [2.05, 4.69) is 11.6 Å². The van der Waals surface area contributed by atoms with Crippen LogP contribution in [0.3, 0.4) is 0 Å². The van der Waals surface area contributed by atoms with Gasteiger partial charge in [0, 0.05) is 12.6 Å². The Bertz CT molecular complexity index is 314. The van der Waals surface area contributed by atoms with E-state index < -0.39 is 0 Å². The van der Waals surface area contributed by atoms with Crippen LogP contribution in [-0.4, -0.2) is 23.3 Å². The summed E-state index contributed by atoms with van der Waals surface area (Å²) in [5.74, 6) is 0. The SMILES string of the molecule is C=CCOCCC(=O)Sc1ccccn1. The van der Waals surface area contributed by atoms with Gasteiger partial charge in [-0.2, -0.15) is 0 Å². The third-order valence-corrected chi connectivity index (χ3v) is 2.42. The quantitative estimate of drug-likeness (QED) is 0.421. The molecular formula is C11H13NO2S.